The first-order chi connectivity index (χ1) is 9.76. The molecule has 1 unspecified atom stereocenters. The zero-order chi connectivity index (χ0) is 16.2. The number of nitrogens with one attached hydrogen (secondary N) is 2. The van der Waals surface area contributed by atoms with E-state index in [2.05, 4.69) is 10.6 Å². The minimum atomic E-state index is -1.10. The van der Waals surface area contributed by atoms with Crippen LogP contribution in [-0.2, 0) is 19.2 Å². The largest absolute Gasteiger partial charge is 0.480 e. The third kappa shape index (κ3) is 4.27. The van der Waals surface area contributed by atoms with E-state index in [-0.39, 0.29) is 17.3 Å². The number of ketones is 2. The fourth-order valence-corrected chi connectivity index (χ4v) is 1.81. The molecule has 1 rings (SSSR count). The molecule has 114 valence electrons. The van der Waals surface area contributed by atoms with Crippen LogP contribution in [0.25, 0.3) is 0 Å². The number of amides is 1. The predicted octanol–water partition coefficient (Wildman–Crippen LogP) is 0.131. The van der Waals surface area contributed by atoms with E-state index in [1.807, 2.05) is 6.92 Å². The number of allylic oxidation sites excluding steroid dienone is 2. The van der Waals surface area contributed by atoms with Crippen molar-refractivity contribution >= 4 is 23.4 Å². The molecule has 0 aromatic rings. The SMILES string of the molecule is CCC(C)[C@H](NC1=CC(=O)C(NC(C)=O)=CC1=O)C(=O)O. The van der Waals surface area contributed by atoms with Gasteiger partial charge < -0.3 is 15.7 Å². The zero-order valence-electron chi connectivity index (χ0n) is 12.1. The minimum Gasteiger partial charge on any atom is -0.480 e. The molecule has 0 aromatic heterocycles. The first-order valence-corrected chi connectivity index (χ1v) is 6.55. The summed E-state index contributed by atoms with van der Waals surface area (Å²) in [5.41, 5.74) is -0.199. The summed E-state index contributed by atoms with van der Waals surface area (Å²) in [4.78, 5) is 45.8. The number of carbonyl (C=O) groups is 4. The smallest absolute Gasteiger partial charge is 0.326 e. The summed E-state index contributed by atoms with van der Waals surface area (Å²) in [5, 5.41) is 14.0. The molecule has 0 radical (unpaired) electrons. The monoisotopic (exact) mass is 294 g/mol. The van der Waals surface area contributed by atoms with Crippen molar-refractivity contribution in [1.29, 1.82) is 0 Å². The Morgan fingerprint density at radius 3 is 2.19 bits per heavy atom. The Hall–Kier alpha value is -2.44. The van der Waals surface area contributed by atoms with Crippen molar-refractivity contribution in [2.45, 2.75) is 33.2 Å². The molecule has 1 amide bonds. The van der Waals surface area contributed by atoms with Crippen LogP contribution in [0.2, 0.25) is 0 Å². The third-order valence-electron chi connectivity index (χ3n) is 3.18. The van der Waals surface area contributed by atoms with Crippen LogP contribution in [-0.4, -0.2) is 34.6 Å². The highest BCUT2D eigenvalue weighted by atomic mass is 16.4. The Morgan fingerprint density at radius 1 is 1.19 bits per heavy atom. The van der Waals surface area contributed by atoms with Gasteiger partial charge in [-0.25, -0.2) is 4.79 Å². The van der Waals surface area contributed by atoms with Crippen LogP contribution < -0.4 is 10.6 Å². The maximum absolute atomic E-state index is 11.9. The molecular weight excluding hydrogens is 276 g/mol. The van der Waals surface area contributed by atoms with Gasteiger partial charge in [0.05, 0.1) is 11.4 Å². The van der Waals surface area contributed by atoms with E-state index in [0.717, 1.165) is 12.2 Å². The van der Waals surface area contributed by atoms with E-state index >= 15 is 0 Å². The summed E-state index contributed by atoms with van der Waals surface area (Å²) >= 11 is 0. The lowest BCUT2D eigenvalue weighted by molar-refractivity contribution is -0.140. The van der Waals surface area contributed by atoms with E-state index in [4.69, 9.17) is 0 Å². The van der Waals surface area contributed by atoms with Crippen molar-refractivity contribution in [3.05, 3.63) is 23.5 Å². The maximum Gasteiger partial charge on any atom is 0.326 e. The molecule has 0 spiro atoms. The van der Waals surface area contributed by atoms with Gasteiger partial charge in [-0.1, -0.05) is 20.3 Å². The first kappa shape index (κ1) is 16.6. The summed E-state index contributed by atoms with van der Waals surface area (Å²) in [6.07, 6.45) is 2.60. The van der Waals surface area contributed by atoms with Gasteiger partial charge in [-0.05, 0) is 5.92 Å². The number of aliphatic carboxylic acids is 1. The lowest BCUT2D eigenvalue weighted by Gasteiger charge is -2.23. The van der Waals surface area contributed by atoms with Crippen molar-refractivity contribution in [3.8, 4) is 0 Å². The predicted molar refractivity (Wildman–Crippen MR) is 74.0 cm³/mol. The van der Waals surface area contributed by atoms with Gasteiger partial charge in [0.1, 0.15) is 6.04 Å². The average Bonchev–Trinajstić information content (AvgIpc) is 2.39. The molecule has 7 nitrogen and oxygen atoms in total. The Kier molecular flexibility index (Phi) is 5.40. The highest BCUT2D eigenvalue weighted by Gasteiger charge is 2.28. The fourth-order valence-electron chi connectivity index (χ4n) is 1.81. The normalized spacial score (nSPS) is 17.5. The Labute approximate surface area is 122 Å². The van der Waals surface area contributed by atoms with Crippen LogP contribution in [0.1, 0.15) is 27.2 Å². The van der Waals surface area contributed by atoms with Gasteiger partial charge in [0.15, 0.2) is 0 Å². The van der Waals surface area contributed by atoms with Gasteiger partial charge in [-0.3, -0.25) is 14.4 Å². The van der Waals surface area contributed by atoms with Crippen molar-refractivity contribution < 1.29 is 24.3 Å². The van der Waals surface area contributed by atoms with E-state index in [0.29, 0.717) is 6.42 Å². The number of carboxylic acid groups (broad SMARTS) is 1. The van der Waals surface area contributed by atoms with Crippen LogP contribution in [0, 0.1) is 5.92 Å². The van der Waals surface area contributed by atoms with Gasteiger partial charge in [-0.15, -0.1) is 0 Å². The summed E-state index contributed by atoms with van der Waals surface area (Å²) < 4.78 is 0. The molecule has 3 N–H and O–H groups in total. The average molecular weight is 294 g/mol. The second-order valence-electron chi connectivity index (χ2n) is 4.87. The van der Waals surface area contributed by atoms with Crippen molar-refractivity contribution in [1.82, 2.24) is 10.6 Å². The van der Waals surface area contributed by atoms with Crippen LogP contribution in [0.5, 0.6) is 0 Å². The number of carboxylic acids is 1. The lowest BCUT2D eigenvalue weighted by atomic mass is 9.97. The number of carbonyl (C=O) groups excluding carboxylic acids is 3. The molecule has 2 atom stereocenters. The fraction of sp³-hybridized carbons (Fsp3) is 0.429. The quantitative estimate of drug-likeness (QED) is 0.600. The molecule has 1 aliphatic carbocycles. The second kappa shape index (κ2) is 6.83. The number of rotatable bonds is 6. The summed E-state index contributed by atoms with van der Waals surface area (Å²) in [6.45, 7) is 4.79. The Balaban J connectivity index is 2.91. The third-order valence-corrected chi connectivity index (χ3v) is 3.18. The molecule has 0 aromatic carbocycles. The highest BCUT2D eigenvalue weighted by molar-refractivity contribution is 6.20. The molecule has 21 heavy (non-hydrogen) atoms. The molecule has 0 saturated heterocycles. The van der Waals surface area contributed by atoms with Gasteiger partial charge in [0, 0.05) is 19.1 Å². The van der Waals surface area contributed by atoms with E-state index in [1.165, 1.54) is 6.92 Å². The van der Waals surface area contributed by atoms with Crippen molar-refractivity contribution in [2.24, 2.45) is 5.92 Å². The Morgan fingerprint density at radius 2 is 1.71 bits per heavy atom. The summed E-state index contributed by atoms with van der Waals surface area (Å²) in [7, 11) is 0. The van der Waals surface area contributed by atoms with Crippen molar-refractivity contribution in [2.75, 3.05) is 0 Å². The van der Waals surface area contributed by atoms with Crippen LogP contribution in [0.3, 0.4) is 0 Å². The van der Waals surface area contributed by atoms with Gasteiger partial charge >= 0.3 is 5.97 Å². The first-order valence-electron chi connectivity index (χ1n) is 6.55. The van der Waals surface area contributed by atoms with Crippen LogP contribution >= 0.6 is 0 Å². The van der Waals surface area contributed by atoms with Crippen LogP contribution in [0.4, 0.5) is 0 Å². The number of hydrogen-bond donors (Lipinski definition) is 3. The molecule has 1 aliphatic rings. The Bertz CT molecular complexity index is 548. The molecular formula is C14H18N2O5. The molecule has 7 heteroatoms. The molecule has 0 fully saturated rings. The molecule has 0 aliphatic heterocycles. The molecule has 0 bridgehead atoms. The maximum atomic E-state index is 11.9. The molecule has 0 saturated carbocycles. The van der Waals surface area contributed by atoms with E-state index < -0.39 is 29.5 Å². The summed E-state index contributed by atoms with van der Waals surface area (Å²) in [5.74, 6) is -2.88. The van der Waals surface area contributed by atoms with E-state index in [9.17, 15) is 24.3 Å². The van der Waals surface area contributed by atoms with Gasteiger partial charge in [0.25, 0.3) is 0 Å². The zero-order valence-corrected chi connectivity index (χ0v) is 12.1. The highest BCUT2D eigenvalue weighted by Crippen LogP contribution is 2.13. The van der Waals surface area contributed by atoms with Gasteiger partial charge in [0.2, 0.25) is 17.5 Å². The van der Waals surface area contributed by atoms with Crippen LogP contribution in [0.15, 0.2) is 23.5 Å². The number of hydrogen-bond acceptors (Lipinski definition) is 5. The summed E-state index contributed by atoms with van der Waals surface area (Å²) in [6, 6.07) is -0.964. The standard InChI is InChI=1S/C14H18N2O5/c1-4-7(2)13(14(20)21)16-10-6-11(18)9(5-12(10)19)15-8(3)17/h5-7,13,16H,4H2,1-3H3,(H,15,17)(H,20,21)/t7?,13-/m0/s1. The second-order valence-corrected chi connectivity index (χ2v) is 4.87. The topological polar surface area (TPSA) is 113 Å². The van der Waals surface area contributed by atoms with E-state index in [1.54, 1.807) is 6.92 Å². The van der Waals surface area contributed by atoms with Crippen molar-refractivity contribution in [3.63, 3.8) is 0 Å². The molecule has 0 heterocycles. The minimum absolute atomic E-state index is 0.0817. The van der Waals surface area contributed by atoms with Gasteiger partial charge in [-0.2, -0.15) is 0 Å². The lowest BCUT2D eigenvalue weighted by Crippen LogP contribution is -2.44.